The normalized spacial score (nSPS) is 11.4. The largest absolute Gasteiger partial charge is 0.459 e. The molecule has 0 saturated heterocycles. The number of benzene rings is 2. The number of carbonyl (C=O) groups excluding carboxylic acids is 3. The van der Waals surface area contributed by atoms with Crippen LogP contribution in [-0.4, -0.2) is 28.6 Å². The van der Waals surface area contributed by atoms with Crippen LogP contribution in [0.15, 0.2) is 71.3 Å². The molecule has 3 rings (SSSR count). The third-order valence-electron chi connectivity index (χ3n) is 4.24. The second-order valence-electron chi connectivity index (χ2n) is 6.34. The molecule has 0 saturated carbocycles. The Bertz CT molecular complexity index is 1090. The first-order valence-corrected chi connectivity index (χ1v) is 8.90. The number of carbonyl (C=O) groups is 3. The summed E-state index contributed by atoms with van der Waals surface area (Å²) in [6.45, 7) is 1.46. The first-order valence-electron chi connectivity index (χ1n) is 8.90. The van der Waals surface area contributed by atoms with Gasteiger partial charge in [0.15, 0.2) is 11.5 Å². The molecule has 0 aliphatic heterocycles. The fourth-order valence-electron chi connectivity index (χ4n) is 2.67. The summed E-state index contributed by atoms with van der Waals surface area (Å²) in [5.41, 5.74) is 0.0889. The summed E-state index contributed by atoms with van der Waals surface area (Å²) in [7, 11) is 0. The second kappa shape index (κ2) is 8.82. The lowest BCUT2D eigenvalue weighted by molar-refractivity contribution is -0.384. The van der Waals surface area contributed by atoms with Crippen LogP contribution in [0.25, 0.3) is 0 Å². The standard InChI is InChI=1S/C21H17N3O6/c1-13(22-21(27)18-8-5-11-30-18)20(26)23-17-10-9-15(24(28)29)12-16(17)19(25)14-6-3-2-4-7-14/h2-13H,1H3,(H,22,27)(H,23,26)/t13-/m0/s1. The number of amides is 2. The van der Waals surface area contributed by atoms with Gasteiger partial charge in [-0.15, -0.1) is 0 Å². The van der Waals surface area contributed by atoms with Gasteiger partial charge < -0.3 is 15.1 Å². The quantitative estimate of drug-likeness (QED) is 0.351. The molecule has 2 N–H and O–H groups in total. The van der Waals surface area contributed by atoms with E-state index in [9.17, 15) is 24.5 Å². The summed E-state index contributed by atoms with van der Waals surface area (Å²) in [5.74, 6) is -1.62. The fraction of sp³-hybridized carbons (Fsp3) is 0.0952. The van der Waals surface area contributed by atoms with Crippen LogP contribution in [0.2, 0.25) is 0 Å². The molecule has 0 bridgehead atoms. The molecule has 2 aromatic carbocycles. The smallest absolute Gasteiger partial charge is 0.287 e. The zero-order valence-corrected chi connectivity index (χ0v) is 15.8. The van der Waals surface area contributed by atoms with Crippen LogP contribution in [-0.2, 0) is 4.79 Å². The molecule has 0 unspecified atom stereocenters. The summed E-state index contributed by atoms with van der Waals surface area (Å²) in [6, 6.07) is 13.8. The molecule has 1 aromatic heterocycles. The molecular weight excluding hydrogens is 390 g/mol. The number of nitrogens with zero attached hydrogens (tertiary/aromatic N) is 1. The molecule has 0 aliphatic rings. The van der Waals surface area contributed by atoms with E-state index in [1.54, 1.807) is 30.3 Å². The summed E-state index contributed by atoms with van der Waals surface area (Å²) in [4.78, 5) is 48.0. The zero-order chi connectivity index (χ0) is 21.7. The monoisotopic (exact) mass is 407 g/mol. The number of nitrogens with one attached hydrogen (secondary N) is 2. The van der Waals surface area contributed by atoms with Crippen LogP contribution in [0.3, 0.4) is 0 Å². The number of non-ortho nitro benzene ring substituents is 1. The molecule has 152 valence electrons. The van der Waals surface area contributed by atoms with Crippen LogP contribution in [0.1, 0.15) is 33.4 Å². The van der Waals surface area contributed by atoms with Gasteiger partial charge in [-0.3, -0.25) is 24.5 Å². The molecule has 9 heteroatoms. The molecular formula is C21H17N3O6. The van der Waals surface area contributed by atoms with Crippen LogP contribution >= 0.6 is 0 Å². The van der Waals surface area contributed by atoms with Gasteiger partial charge in [0.25, 0.3) is 11.6 Å². The van der Waals surface area contributed by atoms with Gasteiger partial charge in [0.1, 0.15) is 6.04 Å². The highest BCUT2D eigenvalue weighted by Crippen LogP contribution is 2.25. The molecule has 2 amide bonds. The Balaban J connectivity index is 1.84. The summed E-state index contributed by atoms with van der Waals surface area (Å²) < 4.78 is 4.98. The molecule has 0 spiro atoms. The van der Waals surface area contributed by atoms with Gasteiger partial charge in [0.2, 0.25) is 5.91 Å². The summed E-state index contributed by atoms with van der Waals surface area (Å²) in [6.07, 6.45) is 1.33. The third kappa shape index (κ3) is 4.58. The fourth-order valence-corrected chi connectivity index (χ4v) is 2.67. The Kier molecular flexibility index (Phi) is 6.02. The van der Waals surface area contributed by atoms with Crippen LogP contribution in [0.4, 0.5) is 11.4 Å². The Morgan fingerprint density at radius 1 is 1.03 bits per heavy atom. The topological polar surface area (TPSA) is 132 Å². The van der Waals surface area contributed by atoms with Gasteiger partial charge in [0, 0.05) is 17.7 Å². The Morgan fingerprint density at radius 2 is 1.77 bits per heavy atom. The highest BCUT2D eigenvalue weighted by atomic mass is 16.6. The van der Waals surface area contributed by atoms with Crippen molar-refractivity contribution in [2.24, 2.45) is 0 Å². The van der Waals surface area contributed by atoms with Crippen molar-refractivity contribution in [1.82, 2.24) is 5.32 Å². The molecule has 0 fully saturated rings. The first-order chi connectivity index (χ1) is 14.4. The van der Waals surface area contributed by atoms with Crippen molar-refractivity contribution in [2.45, 2.75) is 13.0 Å². The van der Waals surface area contributed by atoms with Crippen molar-refractivity contribution in [2.75, 3.05) is 5.32 Å². The van der Waals surface area contributed by atoms with Crippen molar-refractivity contribution in [3.63, 3.8) is 0 Å². The molecule has 3 aromatic rings. The predicted octanol–water partition coefficient (Wildman–Crippen LogP) is 3.18. The van der Waals surface area contributed by atoms with Crippen LogP contribution in [0.5, 0.6) is 0 Å². The number of nitro groups is 1. The number of furan rings is 1. The first kappa shape index (κ1) is 20.5. The predicted molar refractivity (Wildman–Crippen MR) is 107 cm³/mol. The summed E-state index contributed by atoms with van der Waals surface area (Å²) in [5, 5.41) is 16.2. The van der Waals surface area contributed by atoms with Gasteiger partial charge in [-0.25, -0.2) is 0 Å². The maximum absolute atomic E-state index is 12.9. The Morgan fingerprint density at radius 3 is 2.40 bits per heavy atom. The molecule has 1 atom stereocenters. The van der Waals surface area contributed by atoms with Crippen molar-refractivity contribution >= 4 is 29.0 Å². The Hall–Kier alpha value is -4.27. The number of hydrogen-bond acceptors (Lipinski definition) is 6. The maximum atomic E-state index is 12.9. The van der Waals surface area contributed by atoms with E-state index in [4.69, 9.17) is 4.42 Å². The van der Waals surface area contributed by atoms with Crippen LogP contribution in [0, 0.1) is 10.1 Å². The number of rotatable bonds is 7. The number of nitro benzene ring substituents is 1. The van der Waals surface area contributed by atoms with Gasteiger partial charge in [-0.1, -0.05) is 30.3 Å². The lowest BCUT2D eigenvalue weighted by atomic mass is 10.0. The van der Waals surface area contributed by atoms with Gasteiger partial charge in [0.05, 0.1) is 22.4 Å². The summed E-state index contributed by atoms with van der Waals surface area (Å²) >= 11 is 0. The van der Waals surface area contributed by atoms with Crippen molar-refractivity contribution < 1.29 is 23.7 Å². The molecule has 1 heterocycles. The average molecular weight is 407 g/mol. The lowest BCUT2D eigenvalue weighted by Crippen LogP contribution is -2.41. The maximum Gasteiger partial charge on any atom is 0.287 e. The van der Waals surface area contributed by atoms with E-state index in [2.05, 4.69) is 10.6 Å². The second-order valence-corrected chi connectivity index (χ2v) is 6.34. The lowest BCUT2D eigenvalue weighted by Gasteiger charge is -2.15. The van der Waals surface area contributed by atoms with Crippen molar-refractivity contribution in [3.8, 4) is 0 Å². The van der Waals surface area contributed by atoms with E-state index in [0.717, 1.165) is 6.07 Å². The highest BCUT2D eigenvalue weighted by Gasteiger charge is 2.23. The van der Waals surface area contributed by atoms with E-state index >= 15 is 0 Å². The minimum Gasteiger partial charge on any atom is -0.459 e. The van der Waals surface area contributed by atoms with Gasteiger partial charge in [-0.2, -0.15) is 0 Å². The van der Waals surface area contributed by atoms with E-state index < -0.39 is 28.6 Å². The molecule has 30 heavy (non-hydrogen) atoms. The number of hydrogen-bond donors (Lipinski definition) is 2. The SMILES string of the molecule is C[C@H](NC(=O)c1ccco1)C(=O)Nc1ccc([N+](=O)[O-])cc1C(=O)c1ccccc1. The Labute approximate surface area is 170 Å². The van der Waals surface area contributed by atoms with Crippen LogP contribution < -0.4 is 10.6 Å². The van der Waals surface area contributed by atoms with Gasteiger partial charge >= 0.3 is 0 Å². The van der Waals surface area contributed by atoms with E-state index in [-0.39, 0.29) is 22.7 Å². The zero-order valence-electron chi connectivity index (χ0n) is 15.8. The minimum atomic E-state index is -0.961. The van der Waals surface area contributed by atoms with E-state index in [0.29, 0.717) is 5.56 Å². The van der Waals surface area contributed by atoms with E-state index in [1.165, 1.54) is 37.5 Å². The molecule has 0 aliphatic carbocycles. The minimum absolute atomic E-state index is 0.0340. The van der Waals surface area contributed by atoms with Crippen molar-refractivity contribution in [1.29, 1.82) is 0 Å². The molecule has 9 nitrogen and oxygen atoms in total. The van der Waals surface area contributed by atoms with E-state index in [1.807, 2.05) is 0 Å². The van der Waals surface area contributed by atoms with Crippen molar-refractivity contribution in [3.05, 3.63) is 93.9 Å². The average Bonchev–Trinajstić information content (AvgIpc) is 3.29. The molecule has 0 radical (unpaired) electrons. The highest BCUT2D eigenvalue weighted by molar-refractivity contribution is 6.14. The third-order valence-corrected chi connectivity index (χ3v) is 4.24. The van der Waals surface area contributed by atoms with Gasteiger partial charge in [-0.05, 0) is 25.1 Å². The number of ketones is 1. The number of anilines is 1.